The number of methoxy groups -OCH3 is 1. The molecule has 17 heavy (non-hydrogen) atoms. The van der Waals surface area contributed by atoms with Gasteiger partial charge in [0.1, 0.15) is 11.5 Å². The second-order valence-electron chi connectivity index (χ2n) is 4.42. The van der Waals surface area contributed by atoms with E-state index in [0.29, 0.717) is 12.3 Å². The second kappa shape index (κ2) is 5.38. The van der Waals surface area contributed by atoms with E-state index in [1.807, 2.05) is 12.1 Å². The average molecular weight is 236 g/mol. The molecule has 0 saturated carbocycles. The summed E-state index contributed by atoms with van der Waals surface area (Å²) in [5, 5.41) is 10.0. The van der Waals surface area contributed by atoms with Gasteiger partial charge >= 0.3 is 0 Å². The number of phenolic OH excluding ortho intramolecular Hbond substituents is 1. The third-order valence-electron chi connectivity index (χ3n) is 3.40. The van der Waals surface area contributed by atoms with Gasteiger partial charge in [-0.15, -0.1) is 0 Å². The molecule has 3 N–H and O–H groups in total. The highest BCUT2D eigenvalue weighted by atomic mass is 16.5. The van der Waals surface area contributed by atoms with Gasteiger partial charge in [-0.25, -0.2) is 0 Å². The maximum absolute atomic E-state index is 10.0. The van der Waals surface area contributed by atoms with Crippen LogP contribution in [0.15, 0.2) is 18.2 Å². The highest BCUT2D eigenvalue weighted by Crippen LogP contribution is 2.32. The molecule has 0 bridgehead atoms. The Kier molecular flexibility index (Phi) is 3.86. The molecule has 0 aromatic heterocycles. The van der Waals surface area contributed by atoms with Crippen molar-refractivity contribution in [3.05, 3.63) is 23.8 Å². The predicted octanol–water partition coefficient (Wildman–Crippen LogP) is 1.50. The van der Waals surface area contributed by atoms with E-state index < -0.39 is 0 Å². The summed E-state index contributed by atoms with van der Waals surface area (Å²) in [6.45, 7) is 2.65. The Morgan fingerprint density at radius 1 is 1.41 bits per heavy atom. The van der Waals surface area contributed by atoms with Crippen LogP contribution in [0.2, 0.25) is 0 Å². The lowest BCUT2D eigenvalue weighted by atomic mass is 10.0. The maximum atomic E-state index is 10.0. The Bertz CT molecular complexity index is 376. The van der Waals surface area contributed by atoms with Crippen molar-refractivity contribution in [3.8, 4) is 11.5 Å². The van der Waals surface area contributed by atoms with Crippen LogP contribution in [-0.2, 0) is 0 Å². The predicted molar refractivity (Wildman–Crippen MR) is 67.3 cm³/mol. The highest BCUT2D eigenvalue weighted by molar-refractivity contribution is 5.41. The third kappa shape index (κ3) is 2.53. The molecule has 4 nitrogen and oxygen atoms in total. The number of aromatic hydroxyl groups is 1. The van der Waals surface area contributed by atoms with Gasteiger partial charge in [0, 0.05) is 18.2 Å². The summed E-state index contributed by atoms with van der Waals surface area (Å²) in [6.07, 6.45) is 2.43. The van der Waals surface area contributed by atoms with Gasteiger partial charge in [0.15, 0.2) is 0 Å². The average Bonchev–Trinajstić information content (AvgIpc) is 2.85. The number of hydrogen-bond acceptors (Lipinski definition) is 4. The molecule has 1 heterocycles. The smallest absolute Gasteiger partial charge is 0.124 e. The fraction of sp³-hybridized carbons (Fsp3) is 0.538. The van der Waals surface area contributed by atoms with Crippen LogP contribution in [0.1, 0.15) is 24.4 Å². The summed E-state index contributed by atoms with van der Waals surface area (Å²) in [4.78, 5) is 2.33. The number of rotatable bonds is 4. The molecule has 1 atom stereocenters. The number of hydrogen-bond donors (Lipinski definition) is 2. The van der Waals surface area contributed by atoms with E-state index in [4.69, 9.17) is 10.5 Å². The zero-order valence-electron chi connectivity index (χ0n) is 10.2. The molecule has 1 unspecified atom stereocenters. The molecule has 2 rings (SSSR count). The first-order valence-electron chi connectivity index (χ1n) is 6.07. The Labute approximate surface area is 102 Å². The van der Waals surface area contributed by atoms with Crippen LogP contribution in [0.5, 0.6) is 11.5 Å². The standard InChI is InChI=1S/C13H20N2O2/c1-17-10-4-5-11(13(16)8-10)12(9-14)15-6-2-3-7-15/h4-5,8,12,16H,2-3,6-7,9,14H2,1H3. The van der Waals surface area contributed by atoms with E-state index in [9.17, 15) is 5.11 Å². The first kappa shape index (κ1) is 12.2. The van der Waals surface area contributed by atoms with Crippen molar-refractivity contribution >= 4 is 0 Å². The second-order valence-corrected chi connectivity index (χ2v) is 4.42. The summed E-state index contributed by atoms with van der Waals surface area (Å²) in [5.41, 5.74) is 6.74. The third-order valence-corrected chi connectivity index (χ3v) is 3.40. The van der Waals surface area contributed by atoms with Crippen molar-refractivity contribution in [1.29, 1.82) is 0 Å². The first-order chi connectivity index (χ1) is 8.26. The molecule has 0 spiro atoms. The monoisotopic (exact) mass is 236 g/mol. The van der Waals surface area contributed by atoms with Gasteiger partial charge in [0.05, 0.1) is 13.2 Å². The maximum Gasteiger partial charge on any atom is 0.124 e. The zero-order valence-corrected chi connectivity index (χ0v) is 10.2. The van der Waals surface area contributed by atoms with Crippen LogP contribution in [0.25, 0.3) is 0 Å². The van der Waals surface area contributed by atoms with E-state index in [0.717, 1.165) is 18.7 Å². The number of nitrogens with two attached hydrogens (primary N) is 1. The summed E-state index contributed by atoms with van der Waals surface area (Å²) in [6, 6.07) is 5.54. The first-order valence-corrected chi connectivity index (χ1v) is 6.07. The van der Waals surface area contributed by atoms with Gasteiger partial charge in [0.25, 0.3) is 0 Å². The lowest BCUT2D eigenvalue weighted by Gasteiger charge is -2.27. The minimum Gasteiger partial charge on any atom is -0.507 e. The number of likely N-dealkylation sites (tertiary alicyclic amines) is 1. The van der Waals surface area contributed by atoms with E-state index >= 15 is 0 Å². The highest BCUT2D eigenvalue weighted by Gasteiger charge is 2.24. The Hall–Kier alpha value is -1.26. The molecule has 1 fully saturated rings. The van der Waals surface area contributed by atoms with Gasteiger partial charge in [-0.05, 0) is 32.0 Å². The van der Waals surface area contributed by atoms with Gasteiger partial charge in [-0.1, -0.05) is 6.07 Å². The fourth-order valence-electron chi connectivity index (χ4n) is 2.46. The SMILES string of the molecule is COc1ccc(C(CN)N2CCCC2)c(O)c1. The molecule has 1 aromatic rings. The van der Waals surface area contributed by atoms with Crippen LogP contribution >= 0.6 is 0 Å². The number of benzene rings is 1. The quantitative estimate of drug-likeness (QED) is 0.831. The van der Waals surface area contributed by atoms with Crippen molar-refractivity contribution in [3.63, 3.8) is 0 Å². The van der Waals surface area contributed by atoms with Crippen LogP contribution in [0.3, 0.4) is 0 Å². The molecule has 1 aliphatic rings. The lowest BCUT2D eigenvalue weighted by Crippen LogP contribution is -2.31. The molecular weight excluding hydrogens is 216 g/mol. The van der Waals surface area contributed by atoms with Gasteiger partial charge in [-0.2, -0.15) is 0 Å². The molecule has 4 heteroatoms. The largest absolute Gasteiger partial charge is 0.507 e. The van der Waals surface area contributed by atoms with Gasteiger partial charge in [0.2, 0.25) is 0 Å². The topological polar surface area (TPSA) is 58.7 Å². The zero-order chi connectivity index (χ0) is 12.3. The Morgan fingerprint density at radius 3 is 2.65 bits per heavy atom. The molecule has 94 valence electrons. The minimum absolute atomic E-state index is 0.114. The van der Waals surface area contributed by atoms with Crippen molar-refractivity contribution in [2.24, 2.45) is 5.73 Å². The summed E-state index contributed by atoms with van der Waals surface area (Å²) in [7, 11) is 1.59. The van der Waals surface area contributed by atoms with E-state index in [1.54, 1.807) is 13.2 Å². The summed E-state index contributed by atoms with van der Waals surface area (Å²) in [5.74, 6) is 0.940. The summed E-state index contributed by atoms with van der Waals surface area (Å²) >= 11 is 0. The normalized spacial score (nSPS) is 18.2. The number of phenols is 1. The Morgan fingerprint density at radius 2 is 2.12 bits per heavy atom. The van der Waals surface area contributed by atoms with Gasteiger partial charge in [-0.3, -0.25) is 4.90 Å². The van der Waals surface area contributed by atoms with Crippen LogP contribution in [0.4, 0.5) is 0 Å². The Balaban J connectivity index is 2.23. The van der Waals surface area contributed by atoms with E-state index in [-0.39, 0.29) is 11.8 Å². The molecule has 1 saturated heterocycles. The molecule has 1 aromatic carbocycles. The van der Waals surface area contributed by atoms with Crippen LogP contribution < -0.4 is 10.5 Å². The molecule has 0 aliphatic carbocycles. The molecule has 1 aliphatic heterocycles. The summed E-state index contributed by atoms with van der Waals surface area (Å²) < 4.78 is 5.08. The minimum atomic E-state index is 0.114. The van der Waals surface area contributed by atoms with Crippen LogP contribution in [-0.4, -0.2) is 36.8 Å². The van der Waals surface area contributed by atoms with Gasteiger partial charge < -0.3 is 15.6 Å². The van der Waals surface area contributed by atoms with Crippen molar-refractivity contribution in [2.75, 3.05) is 26.7 Å². The molecule has 0 amide bonds. The van der Waals surface area contributed by atoms with E-state index in [1.165, 1.54) is 12.8 Å². The van der Waals surface area contributed by atoms with Crippen molar-refractivity contribution < 1.29 is 9.84 Å². The van der Waals surface area contributed by atoms with E-state index in [2.05, 4.69) is 4.90 Å². The molecule has 0 radical (unpaired) electrons. The number of nitrogens with zero attached hydrogens (tertiary/aromatic N) is 1. The molecular formula is C13H20N2O2. The lowest BCUT2D eigenvalue weighted by molar-refractivity contribution is 0.246. The van der Waals surface area contributed by atoms with Crippen molar-refractivity contribution in [1.82, 2.24) is 4.90 Å². The van der Waals surface area contributed by atoms with Crippen molar-refractivity contribution in [2.45, 2.75) is 18.9 Å². The van der Waals surface area contributed by atoms with Crippen LogP contribution in [0, 0.1) is 0 Å². The number of ether oxygens (including phenoxy) is 1. The fourth-order valence-corrected chi connectivity index (χ4v) is 2.46.